The van der Waals surface area contributed by atoms with Crippen molar-refractivity contribution in [2.45, 2.75) is 51.4 Å². The van der Waals surface area contributed by atoms with Crippen LogP contribution in [0, 0.1) is 0 Å². The maximum atomic E-state index is 6.04. The molecule has 0 radical (unpaired) electrons. The molecule has 1 aromatic heterocycles. The molecule has 1 unspecified atom stereocenters. The summed E-state index contributed by atoms with van der Waals surface area (Å²) in [7, 11) is 0. The molecule has 0 bridgehead atoms. The number of aromatic nitrogens is 1. The number of rotatable bonds is 2. The Balaban J connectivity index is 2.14. The van der Waals surface area contributed by atoms with Crippen LogP contribution in [0.1, 0.15) is 34.1 Å². The molecule has 0 amide bonds. The van der Waals surface area contributed by atoms with Gasteiger partial charge in [0.05, 0.1) is 17.2 Å². The third-order valence-corrected chi connectivity index (χ3v) is 3.35. The minimum Gasteiger partial charge on any atom is -0.379 e. The molecule has 1 aliphatic rings. The second kappa shape index (κ2) is 4.14. The van der Waals surface area contributed by atoms with Crippen LogP contribution in [0.2, 0.25) is 5.15 Å². The van der Waals surface area contributed by atoms with Crippen molar-refractivity contribution >= 4 is 17.3 Å². The van der Waals surface area contributed by atoms with Crippen LogP contribution < -0.4 is 5.32 Å². The Bertz CT molecular complexity index is 418. The average Bonchev–Trinajstić information content (AvgIpc) is 2.34. The molecule has 1 aromatic rings. The summed E-state index contributed by atoms with van der Waals surface area (Å²) in [5.74, 6) is 0. The molecule has 0 aliphatic carbocycles. The van der Waals surface area contributed by atoms with Gasteiger partial charge in [-0.25, -0.2) is 4.98 Å². The van der Waals surface area contributed by atoms with E-state index in [1.54, 1.807) is 6.20 Å². The second-order valence-corrected chi connectivity index (χ2v) is 6.12. The van der Waals surface area contributed by atoms with Crippen molar-refractivity contribution in [3.05, 3.63) is 23.5 Å². The van der Waals surface area contributed by atoms with Gasteiger partial charge in [0.15, 0.2) is 0 Å². The highest BCUT2D eigenvalue weighted by atomic mass is 35.5. The fourth-order valence-corrected chi connectivity index (χ4v) is 2.65. The zero-order valence-corrected chi connectivity index (χ0v) is 11.5. The Morgan fingerprint density at radius 1 is 1.41 bits per heavy atom. The van der Waals surface area contributed by atoms with Crippen molar-refractivity contribution < 1.29 is 4.74 Å². The van der Waals surface area contributed by atoms with E-state index in [4.69, 9.17) is 16.3 Å². The first-order valence-electron chi connectivity index (χ1n) is 5.87. The normalized spacial score (nSPS) is 25.8. The lowest BCUT2D eigenvalue weighted by molar-refractivity contribution is -0.0662. The van der Waals surface area contributed by atoms with E-state index in [-0.39, 0.29) is 17.2 Å². The van der Waals surface area contributed by atoms with E-state index in [2.05, 4.69) is 38.0 Å². The Morgan fingerprint density at radius 2 is 2.12 bits per heavy atom. The fourth-order valence-electron chi connectivity index (χ4n) is 2.48. The smallest absolute Gasteiger partial charge is 0.131 e. The van der Waals surface area contributed by atoms with Crippen LogP contribution in [0.3, 0.4) is 0 Å². The van der Waals surface area contributed by atoms with E-state index in [9.17, 15) is 0 Å². The van der Waals surface area contributed by atoms with E-state index in [0.29, 0.717) is 5.15 Å². The van der Waals surface area contributed by atoms with Crippen molar-refractivity contribution in [3.8, 4) is 0 Å². The molecule has 0 spiro atoms. The quantitative estimate of drug-likeness (QED) is 0.821. The molecular weight excluding hydrogens is 236 g/mol. The highest BCUT2D eigenvalue weighted by molar-refractivity contribution is 6.29. The van der Waals surface area contributed by atoms with Gasteiger partial charge in [0.25, 0.3) is 0 Å². The van der Waals surface area contributed by atoms with E-state index in [1.807, 2.05) is 12.1 Å². The van der Waals surface area contributed by atoms with Crippen LogP contribution in [0.5, 0.6) is 0 Å². The molecule has 2 heterocycles. The third-order valence-electron chi connectivity index (χ3n) is 3.14. The monoisotopic (exact) mass is 254 g/mol. The molecule has 4 heteroatoms. The number of ether oxygens (including phenoxy) is 1. The van der Waals surface area contributed by atoms with Crippen LogP contribution in [-0.4, -0.2) is 22.2 Å². The maximum absolute atomic E-state index is 6.04. The molecule has 3 nitrogen and oxygen atoms in total. The molecule has 0 saturated carbocycles. The summed E-state index contributed by atoms with van der Waals surface area (Å²) in [6.07, 6.45) is 2.68. The Kier molecular flexibility index (Phi) is 3.08. The highest BCUT2D eigenvalue weighted by Gasteiger charge is 2.45. The first-order valence-corrected chi connectivity index (χ1v) is 6.25. The number of hydrogen-bond acceptors (Lipinski definition) is 3. The van der Waals surface area contributed by atoms with Gasteiger partial charge in [-0.15, -0.1) is 0 Å². The van der Waals surface area contributed by atoms with Gasteiger partial charge < -0.3 is 10.1 Å². The van der Waals surface area contributed by atoms with Crippen molar-refractivity contribution in [1.29, 1.82) is 0 Å². The van der Waals surface area contributed by atoms with E-state index in [1.165, 1.54) is 0 Å². The highest BCUT2D eigenvalue weighted by Crippen LogP contribution is 2.38. The van der Waals surface area contributed by atoms with Gasteiger partial charge in [-0.3, -0.25) is 0 Å². The third kappa shape index (κ3) is 2.90. The minimum absolute atomic E-state index is 0.0853. The topological polar surface area (TPSA) is 34.2 Å². The standard InChI is InChI=1S/C13H19ClN2O/c1-12(2)8-10(13(3,4)17-12)16-9-5-6-15-11(14)7-9/h5-7,10H,8H2,1-4H3,(H,15,16). The van der Waals surface area contributed by atoms with Gasteiger partial charge in [0.2, 0.25) is 0 Å². The Hall–Kier alpha value is -0.800. The summed E-state index contributed by atoms with van der Waals surface area (Å²) < 4.78 is 6.04. The molecular formula is C13H19ClN2O. The largest absolute Gasteiger partial charge is 0.379 e. The van der Waals surface area contributed by atoms with Gasteiger partial charge in [-0.1, -0.05) is 11.6 Å². The van der Waals surface area contributed by atoms with Crippen LogP contribution in [0.25, 0.3) is 0 Å². The molecule has 94 valence electrons. The van der Waals surface area contributed by atoms with Gasteiger partial charge in [-0.05, 0) is 46.2 Å². The van der Waals surface area contributed by atoms with Gasteiger partial charge in [0, 0.05) is 11.9 Å². The number of halogens is 1. The minimum atomic E-state index is -0.181. The number of nitrogens with one attached hydrogen (secondary N) is 1. The average molecular weight is 255 g/mol. The van der Waals surface area contributed by atoms with Crippen molar-refractivity contribution in [1.82, 2.24) is 4.98 Å². The molecule has 1 fully saturated rings. The molecule has 0 aromatic carbocycles. The number of anilines is 1. The lowest BCUT2D eigenvalue weighted by atomic mass is 9.94. The first-order chi connectivity index (χ1) is 7.78. The van der Waals surface area contributed by atoms with Crippen molar-refractivity contribution in [2.75, 3.05) is 5.32 Å². The van der Waals surface area contributed by atoms with E-state index < -0.39 is 0 Å². The molecule has 1 aliphatic heterocycles. The summed E-state index contributed by atoms with van der Waals surface area (Å²) in [6.45, 7) is 8.47. The predicted octanol–water partition coefficient (Wildman–Crippen LogP) is 3.49. The molecule has 1 atom stereocenters. The SMILES string of the molecule is CC1(C)CC(Nc2ccnc(Cl)c2)C(C)(C)O1. The Morgan fingerprint density at radius 3 is 2.65 bits per heavy atom. The predicted molar refractivity (Wildman–Crippen MR) is 70.5 cm³/mol. The number of hydrogen-bond donors (Lipinski definition) is 1. The zero-order chi connectivity index (χ0) is 12.7. The number of nitrogens with zero attached hydrogens (tertiary/aromatic N) is 1. The molecule has 1 N–H and O–H groups in total. The van der Waals surface area contributed by atoms with Crippen LogP contribution in [-0.2, 0) is 4.74 Å². The van der Waals surface area contributed by atoms with Crippen molar-refractivity contribution in [3.63, 3.8) is 0 Å². The van der Waals surface area contributed by atoms with Crippen LogP contribution in [0.15, 0.2) is 18.3 Å². The van der Waals surface area contributed by atoms with Gasteiger partial charge in [-0.2, -0.15) is 0 Å². The summed E-state index contributed by atoms with van der Waals surface area (Å²) in [5.41, 5.74) is 0.724. The zero-order valence-electron chi connectivity index (χ0n) is 10.7. The number of pyridine rings is 1. The van der Waals surface area contributed by atoms with E-state index in [0.717, 1.165) is 12.1 Å². The van der Waals surface area contributed by atoms with Gasteiger partial charge in [0.1, 0.15) is 5.15 Å². The second-order valence-electron chi connectivity index (χ2n) is 5.73. The van der Waals surface area contributed by atoms with Crippen LogP contribution in [0.4, 0.5) is 5.69 Å². The lowest BCUT2D eigenvalue weighted by Gasteiger charge is -2.28. The maximum Gasteiger partial charge on any atom is 0.131 e. The Labute approximate surface area is 108 Å². The van der Waals surface area contributed by atoms with E-state index >= 15 is 0 Å². The first kappa shape index (κ1) is 12.7. The summed E-state index contributed by atoms with van der Waals surface area (Å²) in [5, 5.41) is 3.98. The molecule has 1 saturated heterocycles. The fraction of sp³-hybridized carbons (Fsp3) is 0.615. The van der Waals surface area contributed by atoms with Gasteiger partial charge >= 0.3 is 0 Å². The van der Waals surface area contributed by atoms with Crippen molar-refractivity contribution in [2.24, 2.45) is 0 Å². The molecule has 2 rings (SSSR count). The summed E-state index contributed by atoms with van der Waals surface area (Å²) >= 11 is 5.88. The lowest BCUT2D eigenvalue weighted by Crippen LogP contribution is -2.38. The summed E-state index contributed by atoms with van der Waals surface area (Å²) in [4.78, 5) is 3.97. The van der Waals surface area contributed by atoms with Crippen LogP contribution >= 0.6 is 11.6 Å². The molecule has 17 heavy (non-hydrogen) atoms. The summed E-state index contributed by atoms with van der Waals surface area (Å²) in [6, 6.07) is 4.03.